The summed E-state index contributed by atoms with van der Waals surface area (Å²) in [6.45, 7) is 6.40. The summed E-state index contributed by atoms with van der Waals surface area (Å²) in [7, 11) is 0. The molecule has 1 unspecified atom stereocenters. The van der Waals surface area contributed by atoms with Crippen molar-refractivity contribution in [2.45, 2.75) is 52.5 Å². The number of piperidine rings is 1. The Bertz CT molecular complexity index is 834. The van der Waals surface area contributed by atoms with Gasteiger partial charge in [0.25, 0.3) is 5.91 Å². The number of likely N-dealkylation sites (tertiary alicyclic amines) is 1. The summed E-state index contributed by atoms with van der Waals surface area (Å²) in [4.78, 5) is 35.5. The number of esters is 1. The molecule has 138 valence electrons. The van der Waals surface area contributed by atoms with Gasteiger partial charge in [-0.15, -0.1) is 0 Å². The molecule has 0 spiro atoms. The minimum absolute atomic E-state index is 0.114. The maximum atomic E-state index is 12.4. The van der Waals surface area contributed by atoms with Crippen molar-refractivity contribution in [1.29, 1.82) is 0 Å². The standard InChI is InChI=1S/C20H25N3O3/c1-4-16-7-5-6-10-23(16)19(24)12-26-20(25)15-8-9-17-18(11-15)22-14(3)13(2)21-17/h8-9,11,16H,4-7,10,12H2,1-3H3. The highest BCUT2D eigenvalue weighted by molar-refractivity contribution is 5.94. The Morgan fingerprint density at radius 2 is 1.88 bits per heavy atom. The van der Waals surface area contributed by atoms with Crippen LogP contribution in [-0.2, 0) is 9.53 Å². The Morgan fingerprint density at radius 1 is 1.15 bits per heavy atom. The van der Waals surface area contributed by atoms with Gasteiger partial charge in [0.1, 0.15) is 0 Å². The zero-order chi connectivity index (χ0) is 18.7. The second-order valence-corrected chi connectivity index (χ2v) is 6.82. The molecule has 1 aromatic heterocycles. The van der Waals surface area contributed by atoms with Crippen LogP contribution in [0.4, 0.5) is 0 Å². The van der Waals surface area contributed by atoms with Gasteiger partial charge in [-0.25, -0.2) is 14.8 Å². The molecule has 0 aliphatic carbocycles. The molecule has 0 N–H and O–H groups in total. The number of hydrogen-bond donors (Lipinski definition) is 0. The Hall–Kier alpha value is -2.50. The van der Waals surface area contributed by atoms with Crippen LogP contribution in [0.15, 0.2) is 18.2 Å². The van der Waals surface area contributed by atoms with E-state index >= 15 is 0 Å². The number of benzene rings is 1. The Kier molecular flexibility index (Phi) is 5.49. The molecule has 2 heterocycles. The van der Waals surface area contributed by atoms with Crippen LogP contribution in [0.3, 0.4) is 0 Å². The summed E-state index contributed by atoms with van der Waals surface area (Å²) in [5.41, 5.74) is 3.46. The fraction of sp³-hybridized carbons (Fsp3) is 0.500. The lowest BCUT2D eigenvalue weighted by atomic mass is 10.00. The molecular weight excluding hydrogens is 330 g/mol. The number of ether oxygens (including phenoxy) is 1. The summed E-state index contributed by atoms with van der Waals surface area (Å²) in [6.07, 6.45) is 4.12. The largest absolute Gasteiger partial charge is 0.452 e. The van der Waals surface area contributed by atoms with E-state index in [1.807, 2.05) is 18.7 Å². The maximum Gasteiger partial charge on any atom is 0.338 e. The zero-order valence-electron chi connectivity index (χ0n) is 15.6. The predicted molar refractivity (Wildman–Crippen MR) is 98.9 cm³/mol. The van der Waals surface area contributed by atoms with Gasteiger partial charge >= 0.3 is 5.97 Å². The fourth-order valence-electron chi connectivity index (χ4n) is 3.40. The molecule has 0 bridgehead atoms. The van der Waals surface area contributed by atoms with Gasteiger partial charge in [0, 0.05) is 12.6 Å². The van der Waals surface area contributed by atoms with E-state index in [-0.39, 0.29) is 18.6 Å². The van der Waals surface area contributed by atoms with Gasteiger partial charge in [-0.3, -0.25) is 4.79 Å². The van der Waals surface area contributed by atoms with Crippen molar-refractivity contribution in [3.05, 3.63) is 35.2 Å². The average Bonchev–Trinajstić information content (AvgIpc) is 2.66. The molecule has 1 saturated heterocycles. The molecule has 6 nitrogen and oxygen atoms in total. The van der Waals surface area contributed by atoms with Crippen LogP contribution in [0.5, 0.6) is 0 Å². The molecule has 1 aromatic carbocycles. The van der Waals surface area contributed by atoms with E-state index in [1.54, 1.807) is 18.2 Å². The molecule has 0 saturated carbocycles. The first kappa shape index (κ1) is 18.3. The van der Waals surface area contributed by atoms with Crippen LogP contribution in [0.25, 0.3) is 11.0 Å². The van der Waals surface area contributed by atoms with Crippen molar-refractivity contribution in [1.82, 2.24) is 14.9 Å². The molecule has 1 atom stereocenters. The molecule has 1 amide bonds. The molecule has 1 aliphatic heterocycles. The van der Waals surface area contributed by atoms with Crippen molar-refractivity contribution in [3.63, 3.8) is 0 Å². The molecular formula is C20H25N3O3. The Balaban J connectivity index is 1.67. The van der Waals surface area contributed by atoms with Gasteiger partial charge in [-0.1, -0.05) is 6.92 Å². The van der Waals surface area contributed by atoms with Crippen molar-refractivity contribution in [3.8, 4) is 0 Å². The van der Waals surface area contributed by atoms with Gasteiger partial charge in [0.15, 0.2) is 6.61 Å². The number of nitrogens with zero attached hydrogens (tertiary/aromatic N) is 3. The number of aromatic nitrogens is 2. The first-order valence-electron chi connectivity index (χ1n) is 9.21. The highest BCUT2D eigenvalue weighted by atomic mass is 16.5. The van der Waals surface area contributed by atoms with Crippen LogP contribution in [0.1, 0.15) is 54.4 Å². The van der Waals surface area contributed by atoms with Crippen LogP contribution >= 0.6 is 0 Å². The third kappa shape index (κ3) is 3.84. The van der Waals surface area contributed by atoms with E-state index in [2.05, 4.69) is 16.9 Å². The maximum absolute atomic E-state index is 12.4. The lowest BCUT2D eigenvalue weighted by Gasteiger charge is -2.35. The molecule has 3 rings (SSSR count). The van der Waals surface area contributed by atoms with E-state index in [4.69, 9.17) is 4.74 Å². The van der Waals surface area contributed by atoms with E-state index in [0.717, 1.165) is 49.1 Å². The minimum atomic E-state index is -0.509. The van der Waals surface area contributed by atoms with Crippen molar-refractivity contribution in [2.75, 3.05) is 13.2 Å². The number of amides is 1. The SMILES string of the molecule is CCC1CCCCN1C(=O)COC(=O)c1ccc2nc(C)c(C)nc2c1. The van der Waals surface area contributed by atoms with Gasteiger partial charge in [-0.05, 0) is 57.7 Å². The minimum Gasteiger partial charge on any atom is -0.452 e. The van der Waals surface area contributed by atoms with Crippen LogP contribution < -0.4 is 0 Å². The molecule has 2 aromatic rings. The lowest BCUT2D eigenvalue weighted by molar-refractivity contribution is -0.138. The number of hydrogen-bond acceptors (Lipinski definition) is 5. The number of carbonyl (C=O) groups is 2. The summed E-state index contributed by atoms with van der Waals surface area (Å²) < 4.78 is 5.26. The zero-order valence-corrected chi connectivity index (χ0v) is 15.6. The molecule has 1 aliphatic rings. The van der Waals surface area contributed by atoms with E-state index < -0.39 is 5.97 Å². The number of rotatable bonds is 4. The predicted octanol–water partition coefficient (Wildman–Crippen LogP) is 3.19. The van der Waals surface area contributed by atoms with E-state index in [0.29, 0.717) is 11.1 Å². The summed E-state index contributed by atoms with van der Waals surface area (Å²) in [5.74, 6) is -0.623. The number of fused-ring (bicyclic) bond motifs is 1. The van der Waals surface area contributed by atoms with Gasteiger partial charge in [-0.2, -0.15) is 0 Å². The fourth-order valence-corrected chi connectivity index (χ4v) is 3.40. The lowest BCUT2D eigenvalue weighted by Crippen LogP contribution is -2.45. The van der Waals surface area contributed by atoms with E-state index in [9.17, 15) is 9.59 Å². The van der Waals surface area contributed by atoms with Crippen molar-refractivity contribution >= 4 is 22.9 Å². The number of aryl methyl sites for hydroxylation is 2. The number of carbonyl (C=O) groups excluding carboxylic acids is 2. The second kappa shape index (κ2) is 7.81. The quantitative estimate of drug-likeness (QED) is 0.788. The highest BCUT2D eigenvalue weighted by Crippen LogP contribution is 2.20. The van der Waals surface area contributed by atoms with Gasteiger partial charge in [0.05, 0.1) is 28.0 Å². The Labute approximate surface area is 153 Å². The first-order chi connectivity index (χ1) is 12.5. The average molecular weight is 355 g/mol. The summed E-state index contributed by atoms with van der Waals surface area (Å²) >= 11 is 0. The van der Waals surface area contributed by atoms with Crippen LogP contribution in [0.2, 0.25) is 0 Å². The third-order valence-corrected chi connectivity index (χ3v) is 5.06. The normalized spacial score (nSPS) is 17.3. The van der Waals surface area contributed by atoms with Crippen molar-refractivity contribution < 1.29 is 14.3 Å². The molecule has 6 heteroatoms. The monoisotopic (exact) mass is 355 g/mol. The smallest absolute Gasteiger partial charge is 0.338 e. The van der Waals surface area contributed by atoms with Crippen LogP contribution in [0, 0.1) is 13.8 Å². The molecule has 26 heavy (non-hydrogen) atoms. The topological polar surface area (TPSA) is 72.4 Å². The summed E-state index contributed by atoms with van der Waals surface area (Å²) in [6, 6.07) is 5.34. The summed E-state index contributed by atoms with van der Waals surface area (Å²) in [5, 5.41) is 0. The Morgan fingerprint density at radius 3 is 2.62 bits per heavy atom. The third-order valence-electron chi connectivity index (χ3n) is 5.06. The van der Waals surface area contributed by atoms with E-state index in [1.165, 1.54) is 0 Å². The molecule has 0 radical (unpaired) electrons. The van der Waals surface area contributed by atoms with Gasteiger partial charge in [0.2, 0.25) is 0 Å². The second-order valence-electron chi connectivity index (χ2n) is 6.82. The van der Waals surface area contributed by atoms with Crippen molar-refractivity contribution in [2.24, 2.45) is 0 Å². The van der Waals surface area contributed by atoms with Crippen LogP contribution in [-0.4, -0.2) is 45.9 Å². The van der Waals surface area contributed by atoms with Gasteiger partial charge < -0.3 is 9.64 Å². The first-order valence-corrected chi connectivity index (χ1v) is 9.21. The molecule has 1 fully saturated rings. The highest BCUT2D eigenvalue weighted by Gasteiger charge is 2.26.